The summed E-state index contributed by atoms with van der Waals surface area (Å²) >= 11 is 1.47. The summed E-state index contributed by atoms with van der Waals surface area (Å²) in [5.74, 6) is -0.0331. The lowest BCUT2D eigenvalue weighted by Gasteiger charge is -2.00. The number of nitrogens with two attached hydrogens (primary N) is 1. The van der Waals surface area contributed by atoms with E-state index in [9.17, 15) is 8.42 Å². The highest BCUT2D eigenvalue weighted by atomic mass is 32.2. The van der Waals surface area contributed by atoms with E-state index in [1.165, 1.54) is 11.3 Å². The first-order valence-electron chi connectivity index (χ1n) is 4.00. The van der Waals surface area contributed by atoms with Gasteiger partial charge in [-0.25, -0.2) is 13.6 Å². The SMILES string of the molecule is CCc1c(C)csc1CS(N)(=O)=O. The minimum atomic E-state index is -3.39. The summed E-state index contributed by atoms with van der Waals surface area (Å²) < 4.78 is 21.7. The van der Waals surface area contributed by atoms with Crippen LogP contribution in [0.4, 0.5) is 0 Å². The molecule has 1 rings (SSSR count). The number of rotatable bonds is 3. The third-order valence-corrected chi connectivity index (χ3v) is 3.90. The Hall–Kier alpha value is -0.390. The molecule has 1 aromatic heterocycles. The molecule has 0 aliphatic rings. The van der Waals surface area contributed by atoms with Gasteiger partial charge in [0.05, 0.1) is 5.75 Å². The minimum Gasteiger partial charge on any atom is -0.228 e. The predicted molar refractivity (Wildman–Crippen MR) is 55.2 cm³/mol. The van der Waals surface area contributed by atoms with E-state index in [1.54, 1.807) is 0 Å². The fraction of sp³-hybridized carbons (Fsp3) is 0.500. The van der Waals surface area contributed by atoms with Gasteiger partial charge in [0.1, 0.15) is 0 Å². The highest BCUT2D eigenvalue weighted by Gasteiger charge is 2.12. The largest absolute Gasteiger partial charge is 0.228 e. The number of primary sulfonamides is 1. The van der Waals surface area contributed by atoms with Gasteiger partial charge in [-0.1, -0.05) is 6.92 Å². The van der Waals surface area contributed by atoms with E-state index < -0.39 is 10.0 Å². The molecule has 0 amide bonds. The summed E-state index contributed by atoms with van der Waals surface area (Å²) in [4.78, 5) is 0.877. The van der Waals surface area contributed by atoms with Gasteiger partial charge in [0.2, 0.25) is 10.0 Å². The van der Waals surface area contributed by atoms with Gasteiger partial charge in [-0.3, -0.25) is 0 Å². The fourth-order valence-electron chi connectivity index (χ4n) is 1.30. The maximum atomic E-state index is 10.9. The minimum absolute atomic E-state index is 0.0331. The van der Waals surface area contributed by atoms with Gasteiger partial charge in [-0.2, -0.15) is 0 Å². The maximum absolute atomic E-state index is 10.9. The maximum Gasteiger partial charge on any atom is 0.214 e. The second-order valence-corrected chi connectivity index (χ2v) is 5.56. The van der Waals surface area contributed by atoms with Crippen molar-refractivity contribution in [2.75, 3.05) is 0 Å². The molecule has 0 atom stereocenters. The van der Waals surface area contributed by atoms with Gasteiger partial charge < -0.3 is 0 Å². The van der Waals surface area contributed by atoms with E-state index in [2.05, 4.69) is 0 Å². The summed E-state index contributed by atoms with van der Waals surface area (Å²) in [5.41, 5.74) is 2.28. The van der Waals surface area contributed by atoms with E-state index in [1.807, 2.05) is 19.2 Å². The molecule has 1 aromatic rings. The highest BCUT2D eigenvalue weighted by Crippen LogP contribution is 2.23. The van der Waals surface area contributed by atoms with Crippen LogP contribution in [0.5, 0.6) is 0 Å². The zero-order chi connectivity index (χ0) is 10.1. The number of aryl methyl sites for hydroxylation is 1. The average Bonchev–Trinajstić information content (AvgIpc) is 2.28. The van der Waals surface area contributed by atoms with Crippen LogP contribution in [0.2, 0.25) is 0 Å². The zero-order valence-electron chi connectivity index (χ0n) is 7.70. The summed E-state index contributed by atoms with van der Waals surface area (Å²) in [7, 11) is -3.39. The molecule has 0 aliphatic carbocycles. The Morgan fingerprint density at radius 2 is 2.15 bits per heavy atom. The van der Waals surface area contributed by atoms with Crippen molar-refractivity contribution >= 4 is 21.4 Å². The molecule has 3 nitrogen and oxygen atoms in total. The van der Waals surface area contributed by atoms with Crippen LogP contribution < -0.4 is 5.14 Å². The topological polar surface area (TPSA) is 60.2 Å². The highest BCUT2D eigenvalue weighted by molar-refractivity contribution is 7.88. The first kappa shape index (κ1) is 10.7. The molecule has 5 heteroatoms. The molecule has 0 bridgehead atoms. The fourth-order valence-corrected chi connectivity index (χ4v) is 3.52. The van der Waals surface area contributed by atoms with Crippen LogP contribution in [-0.2, 0) is 22.2 Å². The average molecular weight is 219 g/mol. The molecule has 0 saturated heterocycles. The Bertz CT molecular complexity index is 392. The van der Waals surface area contributed by atoms with Crippen molar-refractivity contribution in [3.63, 3.8) is 0 Å². The Labute approximate surface area is 82.6 Å². The van der Waals surface area contributed by atoms with Crippen LogP contribution in [0.25, 0.3) is 0 Å². The molecular formula is C8H13NO2S2. The monoisotopic (exact) mass is 219 g/mol. The van der Waals surface area contributed by atoms with E-state index in [0.29, 0.717) is 0 Å². The predicted octanol–water partition coefficient (Wildman–Crippen LogP) is 1.41. The van der Waals surface area contributed by atoms with Crippen molar-refractivity contribution in [2.24, 2.45) is 5.14 Å². The first-order chi connectivity index (χ1) is 5.94. The van der Waals surface area contributed by atoms with Crippen LogP contribution in [0.1, 0.15) is 22.9 Å². The molecule has 0 spiro atoms. The Morgan fingerprint density at radius 1 is 1.54 bits per heavy atom. The summed E-state index contributed by atoms with van der Waals surface area (Å²) in [6.45, 7) is 4.00. The normalized spacial score (nSPS) is 11.9. The van der Waals surface area contributed by atoms with Gasteiger partial charge in [0.25, 0.3) is 0 Å². The van der Waals surface area contributed by atoms with Gasteiger partial charge in [-0.15, -0.1) is 11.3 Å². The van der Waals surface area contributed by atoms with Gasteiger partial charge in [-0.05, 0) is 29.9 Å². The Kier molecular flexibility index (Phi) is 3.10. The molecule has 74 valence electrons. The van der Waals surface area contributed by atoms with Crippen molar-refractivity contribution in [3.8, 4) is 0 Å². The number of hydrogen-bond acceptors (Lipinski definition) is 3. The van der Waals surface area contributed by atoms with Crippen LogP contribution in [0, 0.1) is 6.92 Å². The van der Waals surface area contributed by atoms with Crippen molar-refractivity contribution < 1.29 is 8.42 Å². The molecule has 1 heterocycles. The van der Waals surface area contributed by atoms with E-state index in [-0.39, 0.29) is 5.75 Å². The van der Waals surface area contributed by atoms with Gasteiger partial charge >= 0.3 is 0 Å². The number of sulfonamides is 1. The smallest absolute Gasteiger partial charge is 0.214 e. The second kappa shape index (κ2) is 3.77. The van der Waals surface area contributed by atoms with E-state index in [0.717, 1.165) is 22.4 Å². The van der Waals surface area contributed by atoms with Crippen molar-refractivity contribution in [1.29, 1.82) is 0 Å². The van der Waals surface area contributed by atoms with Crippen LogP contribution in [0.15, 0.2) is 5.38 Å². The number of thiophene rings is 1. The molecule has 0 unspecified atom stereocenters. The standard InChI is InChI=1S/C8H13NO2S2/c1-3-7-6(2)4-12-8(7)5-13(9,10)11/h4H,3,5H2,1-2H3,(H2,9,10,11). The number of hydrogen-bond donors (Lipinski definition) is 1. The lowest BCUT2D eigenvalue weighted by atomic mass is 10.1. The first-order valence-corrected chi connectivity index (χ1v) is 6.60. The van der Waals surface area contributed by atoms with Crippen molar-refractivity contribution in [1.82, 2.24) is 0 Å². The zero-order valence-corrected chi connectivity index (χ0v) is 9.33. The Morgan fingerprint density at radius 3 is 2.62 bits per heavy atom. The van der Waals surface area contributed by atoms with E-state index >= 15 is 0 Å². The molecule has 0 saturated carbocycles. The molecule has 2 N–H and O–H groups in total. The quantitative estimate of drug-likeness (QED) is 0.835. The van der Waals surface area contributed by atoms with E-state index in [4.69, 9.17) is 5.14 Å². The van der Waals surface area contributed by atoms with Gasteiger partial charge in [0, 0.05) is 4.88 Å². The summed E-state index contributed by atoms with van der Waals surface area (Å²) in [6.07, 6.45) is 0.861. The molecular weight excluding hydrogens is 206 g/mol. The van der Waals surface area contributed by atoms with Crippen LogP contribution >= 0.6 is 11.3 Å². The summed E-state index contributed by atoms with van der Waals surface area (Å²) in [6, 6.07) is 0. The van der Waals surface area contributed by atoms with Crippen LogP contribution in [-0.4, -0.2) is 8.42 Å². The van der Waals surface area contributed by atoms with Crippen LogP contribution in [0.3, 0.4) is 0 Å². The molecule has 0 radical (unpaired) electrons. The molecule has 13 heavy (non-hydrogen) atoms. The van der Waals surface area contributed by atoms with Crippen molar-refractivity contribution in [3.05, 3.63) is 21.4 Å². The second-order valence-electron chi connectivity index (χ2n) is 2.98. The Balaban J connectivity index is 3.02. The molecule has 0 aromatic carbocycles. The third kappa shape index (κ3) is 2.79. The van der Waals surface area contributed by atoms with Crippen molar-refractivity contribution in [2.45, 2.75) is 26.0 Å². The lowest BCUT2D eigenvalue weighted by Crippen LogP contribution is -2.14. The molecule has 0 fully saturated rings. The molecule has 0 aliphatic heterocycles. The third-order valence-electron chi connectivity index (χ3n) is 1.88. The summed E-state index contributed by atoms with van der Waals surface area (Å²) in [5, 5.41) is 6.95. The lowest BCUT2D eigenvalue weighted by molar-refractivity contribution is 0.597. The van der Waals surface area contributed by atoms with Gasteiger partial charge in [0.15, 0.2) is 0 Å².